The van der Waals surface area contributed by atoms with Crippen LogP contribution in [-0.2, 0) is 28.0 Å². The predicted molar refractivity (Wildman–Crippen MR) is 166 cm³/mol. The minimum atomic E-state index is -1.25. The van der Waals surface area contributed by atoms with Crippen LogP contribution in [0.4, 0.5) is 5.69 Å². The fourth-order valence-corrected chi connectivity index (χ4v) is 6.76. The fraction of sp³-hybridized carbons (Fsp3) is 0.412. The van der Waals surface area contributed by atoms with E-state index in [1.165, 1.54) is 6.26 Å². The van der Waals surface area contributed by atoms with Crippen molar-refractivity contribution in [3.05, 3.63) is 82.8 Å². The van der Waals surface area contributed by atoms with Crippen molar-refractivity contribution in [2.75, 3.05) is 5.32 Å². The van der Waals surface area contributed by atoms with Gasteiger partial charge in [0, 0.05) is 17.7 Å². The lowest BCUT2D eigenvalue weighted by Gasteiger charge is -2.29. The van der Waals surface area contributed by atoms with E-state index in [4.69, 9.17) is 18.6 Å². The maximum atomic E-state index is 14.0. The SMILES string of the molecule is CC(C)C[C@H](O)C(=O)N[C@H]1Cc2ccc3c(c2)C2(c4ccccc4NC2O3)c2oc(nc2-c2nc(CO)co2)C(C(C)C)NC1=O. The molecule has 0 radical (unpaired) electrons. The average molecular weight is 628 g/mol. The number of ether oxygens (including phenoxy) is 1. The van der Waals surface area contributed by atoms with E-state index in [-0.39, 0.29) is 43.1 Å². The number of carbonyl (C=O) groups is 2. The van der Waals surface area contributed by atoms with E-state index in [1.54, 1.807) is 0 Å². The second-order valence-corrected chi connectivity index (χ2v) is 13.0. The molecule has 3 unspecified atom stereocenters. The Labute approximate surface area is 265 Å². The summed E-state index contributed by atoms with van der Waals surface area (Å²) >= 11 is 0. The molecule has 3 aliphatic heterocycles. The molecule has 12 heteroatoms. The standard InChI is InChI=1S/C34H37N5O7/c1-16(2)11-24(41)30(43)36-23-13-18-9-10-25-21(12-18)34(20-7-5-6-8-22(20)37-33(34)45-25)28-27(31-35-19(14-40)15-44-31)39-32(46-28)26(17(3)4)38-29(23)42/h5-10,12,15-17,23-24,26,33,37,40-41H,11,13-14H2,1-4H3,(H,36,43)(H,38,42)/t23-,24-,26?,33?,34?/m0/s1. The monoisotopic (exact) mass is 627 g/mol. The van der Waals surface area contributed by atoms with Gasteiger partial charge >= 0.3 is 0 Å². The summed E-state index contributed by atoms with van der Waals surface area (Å²) < 4.78 is 19.2. The van der Waals surface area contributed by atoms with Crippen LogP contribution in [0.15, 0.2) is 57.6 Å². The van der Waals surface area contributed by atoms with Crippen molar-refractivity contribution in [2.24, 2.45) is 11.8 Å². The van der Waals surface area contributed by atoms with Gasteiger partial charge in [-0.3, -0.25) is 9.59 Å². The zero-order valence-corrected chi connectivity index (χ0v) is 26.0. The smallest absolute Gasteiger partial charge is 0.249 e. The Balaban J connectivity index is 1.45. The Bertz CT molecular complexity index is 1810. The van der Waals surface area contributed by atoms with Gasteiger partial charge in [0.2, 0.25) is 23.6 Å². The number of hydrogen-bond donors (Lipinski definition) is 5. The minimum absolute atomic E-state index is 0.0884. The lowest BCUT2D eigenvalue weighted by molar-refractivity contribution is -0.135. The highest BCUT2D eigenvalue weighted by molar-refractivity contribution is 5.90. The van der Waals surface area contributed by atoms with E-state index in [0.717, 1.165) is 22.4 Å². The van der Waals surface area contributed by atoms with Crippen molar-refractivity contribution >= 4 is 17.5 Å². The summed E-state index contributed by atoms with van der Waals surface area (Å²) in [5.41, 5.74) is 2.94. The molecule has 0 saturated carbocycles. The summed E-state index contributed by atoms with van der Waals surface area (Å²) in [6.07, 6.45) is -0.0631. The second-order valence-electron chi connectivity index (χ2n) is 13.0. The molecule has 46 heavy (non-hydrogen) atoms. The molecule has 2 amide bonds. The highest BCUT2D eigenvalue weighted by Gasteiger charge is 2.61. The molecular formula is C34H37N5O7. The first-order chi connectivity index (χ1) is 22.1. The summed E-state index contributed by atoms with van der Waals surface area (Å²) in [4.78, 5) is 36.5. The summed E-state index contributed by atoms with van der Waals surface area (Å²) in [5, 5.41) is 29.7. The maximum Gasteiger partial charge on any atom is 0.249 e. The highest BCUT2D eigenvalue weighted by Crippen LogP contribution is 2.59. The van der Waals surface area contributed by atoms with E-state index < -0.39 is 41.6 Å². The third kappa shape index (κ3) is 4.74. The van der Waals surface area contributed by atoms with Crippen LogP contribution in [0, 0.1) is 11.8 Å². The van der Waals surface area contributed by atoms with Gasteiger partial charge in [0.25, 0.3) is 0 Å². The number of para-hydroxylation sites is 1. The Kier molecular flexibility index (Phi) is 7.36. The fourth-order valence-electron chi connectivity index (χ4n) is 6.76. The topological polar surface area (TPSA) is 172 Å². The molecule has 5 heterocycles. The van der Waals surface area contributed by atoms with Gasteiger partial charge in [-0.05, 0) is 41.5 Å². The molecule has 2 aromatic carbocycles. The number of carbonyl (C=O) groups excluding carboxylic acids is 2. The number of aliphatic hydroxyl groups excluding tert-OH is 2. The van der Waals surface area contributed by atoms with Crippen LogP contribution in [-0.4, -0.2) is 50.4 Å². The van der Waals surface area contributed by atoms with E-state index in [9.17, 15) is 19.8 Å². The van der Waals surface area contributed by atoms with Crippen molar-refractivity contribution in [3.8, 4) is 17.3 Å². The van der Waals surface area contributed by atoms with Crippen LogP contribution >= 0.6 is 0 Å². The molecule has 0 aliphatic carbocycles. The Morgan fingerprint density at radius 3 is 2.65 bits per heavy atom. The number of hydrogen-bond acceptors (Lipinski definition) is 10. The van der Waals surface area contributed by atoms with Crippen LogP contribution < -0.4 is 20.7 Å². The highest BCUT2D eigenvalue weighted by atomic mass is 16.5. The average Bonchev–Trinajstić information content (AvgIpc) is 3.79. The van der Waals surface area contributed by atoms with E-state index in [0.29, 0.717) is 22.9 Å². The lowest BCUT2D eigenvalue weighted by atomic mass is 9.72. The van der Waals surface area contributed by atoms with Gasteiger partial charge < -0.3 is 39.7 Å². The van der Waals surface area contributed by atoms with Crippen LogP contribution in [0.2, 0.25) is 0 Å². The molecule has 4 bridgehead atoms. The number of anilines is 1. The summed E-state index contributed by atoms with van der Waals surface area (Å²) in [5.74, 6) is 0.289. The molecule has 12 nitrogen and oxygen atoms in total. The van der Waals surface area contributed by atoms with Crippen molar-refractivity contribution < 1.29 is 33.4 Å². The third-order valence-corrected chi connectivity index (χ3v) is 8.96. The van der Waals surface area contributed by atoms with Crippen molar-refractivity contribution in [1.82, 2.24) is 20.6 Å². The van der Waals surface area contributed by atoms with Crippen LogP contribution in [0.5, 0.6) is 5.75 Å². The maximum absolute atomic E-state index is 14.0. The zero-order valence-electron chi connectivity index (χ0n) is 26.0. The number of oxazole rings is 2. The molecule has 4 aromatic rings. The lowest BCUT2D eigenvalue weighted by Crippen LogP contribution is -2.52. The van der Waals surface area contributed by atoms with Gasteiger partial charge in [-0.15, -0.1) is 0 Å². The zero-order chi connectivity index (χ0) is 32.3. The number of aliphatic hydroxyl groups is 2. The summed E-state index contributed by atoms with van der Waals surface area (Å²) in [6, 6.07) is 11.9. The van der Waals surface area contributed by atoms with E-state index in [1.807, 2.05) is 70.2 Å². The number of benzene rings is 2. The number of nitrogens with zero attached hydrogens (tertiary/aromatic N) is 2. The third-order valence-electron chi connectivity index (χ3n) is 8.96. The van der Waals surface area contributed by atoms with Gasteiger partial charge in [0.1, 0.15) is 41.3 Å². The first-order valence-electron chi connectivity index (χ1n) is 15.6. The Morgan fingerprint density at radius 2 is 1.91 bits per heavy atom. The van der Waals surface area contributed by atoms with Crippen molar-refractivity contribution in [3.63, 3.8) is 0 Å². The molecule has 0 fully saturated rings. The summed E-state index contributed by atoms with van der Waals surface area (Å²) in [7, 11) is 0. The second kappa shape index (κ2) is 11.3. The molecule has 7 rings (SSSR count). The molecule has 0 saturated heterocycles. The molecule has 240 valence electrons. The first-order valence-corrected chi connectivity index (χ1v) is 15.6. The van der Waals surface area contributed by atoms with Gasteiger partial charge in [-0.1, -0.05) is 58.0 Å². The number of amides is 2. The van der Waals surface area contributed by atoms with Gasteiger partial charge in [0.05, 0.1) is 6.61 Å². The number of nitrogens with one attached hydrogen (secondary N) is 3. The van der Waals surface area contributed by atoms with Crippen LogP contribution in [0.25, 0.3) is 11.6 Å². The van der Waals surface area contributed by atoms with Crippen molar-refractivity contribution in [2.45, 2.75) is 77.0 Å². The van der Waals surface area contributed by atoms with E-state index >= 15 is 0 Å². The Morgan fingerprint density at radius 1 is 1.11 bits per heavy atom. The number of fused-ring (bicyclic) bond motifs is 4. The quantitative estimate of drug-likeness (QED) is 0.204. The van der Waals surface area contributed by atoms with E-state index in [2.05, 4.69) is 20.9 Å². The first kappa shape index (κ1) is 30.0. The number of aromatic nitrogens is 2. The molecule has 1 spiro atoms. The van der Waals surface area contributed by atoms with Crippen LogP contribution in [0.1, 0.15) is 74.2 Å². The van der Waals surface area contributed by atoms with Crippen molar-refractivity contribution in [1.29, 1.82) is 0 Å². The summed E-state index contributed by atoms with van der Waals surface area (Å²) in [6.45, 7) is 7.38. The van der Waals surface area contributed by atoms with Gasteiger partial charge in [-0.2, -0.15) is 0 Å². The van der Waals surface area contributed by atoms with Gasteiger partial charge in [-0.25, -0.2) is 9.97 Å². The Hall–Kier alpha value is -4.68. The largest absolute Gasteiger partial charge is 0.469 e. The molecule has 2 aromatic heterocycles. The molecule has 5 N–H and O–H groups in total. The van der Waals surface area contributed by atoms with Gasteiger partial charge in [0.15, 0.2) is 17.7 Å². The molecular weight excluding hydrogens is 590 g/mol. The molecule has 3 aliphatic rings. The number of rotatable bonds is 7. The van der Waals surface area contributed by atoms with Crippen LogP contribution in [0.3, 0.4) is 0 Å². The normalized spacial score (nSPS) is 23.5. The molecule has 5 atom stereocenters. The minimum Gasteiger partial charge on any atom is -0.469 e. The predicted octanol–water partition coefficient (Wildman–Crippen LogP) is 3.56.